The van der Waals surface area contributed by atoms with E-state index in [1.807, 2.05) is 0 Å². The summed E-state index contributed by atoms with van der Waals surface area (Å²) in [5, 5.41) is 0.116. The Morgan fingerprint density at radius 1 is 1.35 bits per heavy atom. The fourth-order valence-electron chi connectivity index (χ4n) is 1.95. The molecule has 92 valence electrons. The molecule has 0 amide bonds. The Balaban J connectivity index is 1.89. The highest BCUT2D eigenvalue weighted by atomic mass is 35.5. The molecular formula is C13H14ClFO2. The lowest BCUT2D eigenvalue weighted by molar-refractivity contribution is -0.123. The zero-order valence-electron chi connectivity index (χ0n) is 9.42. The maximum Gasteiger partial charge on any atom is 0.147 e. The molecular weight excluding hydrogens is 243 g/mol. The second-order valence-corrected chi connectivity index (χ2v) is 4.67. The first kappa shape index (κ1) is 12.5. The van der Waals surface area contributed by atoms with Crippen LogP contribution in [0, 0.1) is 5.82 Å². The van der Waals surface area contributed by atoms with E-state index in [2.05, 4.69) is 0 Å². The molecule has 1 saturated carbocycles. The molecule has 17 heavy (non-hydrogen) atoms. The normalized spacial score (nSPS) is 17.4. The van der Waals surface area contributed by atoms with Gasteiger partial charge in [-0.2, -0.15) is 0 Å². The number of hydrogen-bond donors (Lipinski definition) is 0. The maximum atomic E-state index is 13.6. The third-order valence-electron chi connectivity index (χ3n) is 3.00. The predicted molar refractivity (Wildman–Crippen MR) is 63.5 cm³/mol. The van der Waals surface area contributed by atoms with E-state index >= 15 is 0 Å². The minimum Gasteiger partial charge on any atom is -0.373 e. The lowest BCUT2D eigenvalue weighted by atomic mass is 9.96. The molecule has 0 unspecified atom stereocenters. The van der Waals surface area contributed by atoms with Crippen LogP contribution < -0.4 is 0 Å². The average Bonchev–Trinajstić information content (AvgIpc) is 2.33. The molecule has 0 atom stereocenters. The van der Waals surface area contributed by atoms with E-state index in [4.69, 9.17) is 16.3 Å². The quantitative estimate of drug-likeness (QED) is 0.827. The zero-order valence-corrected chi connectivity index (χ0v) is 10.2. The van der Waals surface area contributed by atoms with Crippen molar-refractivity contribution in [2.75, 3.05) is 0 Å². The van der Waals surface area contributed by atoms with Crippen molar-refractivity contribution in [3.05, 3.63) is 34.6 Å². The summed E-state index contributed by atoms with van der Waals surface area (Å²) < 4.78 is 19.2. The lowest BCUT2D eigenvalue weighted by Crippen LogP contribution is -2.21. The van der Waals surface area contributed by atoms with Crippen LogP contribution in [0.25, 0.3) is 0 Å². The van der Waals surface area contributed by atoms with Crippen LogP contribution in [0.1, 0.15) is 31.2 Å². The standard InChI is InChI=1S/C13H14ClFO2/c14-12-3-1-2-9(13(12)15)8-17-11-6-4-10(16)5-7-11/h1-3,11H,4-8H2. The highest BCUT2D eigenvalue weighted by Crippen LogP contribution is 2.22. The van der Waals surface area contributed by atoms with Crippen molar-refractivity contribution in [1.29, 1.82) is 0 Å². The van der Waals surface area contributed by atoms with Crippen LogP contribution in [-0.2, 0) is 16.1 Å². The van der Waals surface area contributed by atoms with Gasteiger partial charge in [0.1, 0.15) is 11.6 Å². The summed E-state index contributed by atoms with van der Waals surface area (Å²) in [5.74, 6) is -0.125. The number of carbonyl (C=O) groups excluding carboxylic acids is 1. The number of ketones is 1. The molecule has 2 rings (SSSR count). The molecule has 0 aromatic heterocycles. The minimum atomic E-state index is -0.416. The molecule has 1 fully saturated rings. The second-order valence-electron chi connectivity index (χ2n) is 4.26. The highest BCUT2D eigenvalue weighted by molar-refractivity contribution is 6.30. The van der Waals surface area contributed by atoms with Gasteiger partial charge in [-0.1, -0.05) is 23.7 Å². The zero-order chi connectivity index (χ0) is 12.3. The number of halogens is 2. The second kappa shape index (κ2) is 5.61. The Labute approximate surface area is 105 Å². The summed E-state index contributed by atoms with van der Waals surface area (Å²) in [6.07, 6.45) is 2.68. The molecule has 0 radical (unpaired) electrons. The maximum absolute atomic E-state index is 13.6. The molecule has 0 heterocycles. The fraction of sp³-hybridized carbons (Fsp3) is 0.462. The van der Waals surface area contributed by atoms with Gasteiger partial charge in [0.05, 0.1) is 17.7 Å². The fourth-order valence-corrected chi connectivity index (χ4v) is 2.14. The van der Waals surface area contributed by atoms with Crippen molar-refractivity contribution in [3.63, 3.8) is 0 Å². The van der Waals surface area contributed by atoms with Crippen molar-refractivity contribution in [1.82, 2.24) is 0 Å². The Morgan fingerprint density at radius 3 is 2.76 bits per heavy atom. The van der Waals surface area contributed by atoms with Gasteiger partial charge in [-0.3, -0.25) is 4.79 Å². The molecule has 1 aliphatic carbocycles. The number of hydrogen-bond acceptors (Lipinski definition) is 2. The smallest absolute Gasteiger partial charge is 0.147 e. The van der Waals surface area contributed by atoms with Crippen LogP contribution in [0.15, 0.2) is 18.2 Å². The summed E-state index contributed by atoms with van der Waals surface area (Å²) in [7, 11) is 0. The van der Waals surface area contributed by atoms with Crippen molar-refractivity contribution >= 4 is 17.4 Å². The Kier molecular flexibility index (Phi) is 4.13. The van der Waals surface area contributed by atoms with Crippen molar-refractivity contribution in [2.24, 2.45) is 0 Å². The van der Waals surface area contributed by atoms with Crippen LogP contribution >= 0.6 is 11.6 Å². The van der Waals surface area contributed by atoms with E-state index in [9.17, 15) is 9.18 Å². The van der Waals surface area contributed by atoms with Gasteiger partial charge in [-0.25, -0.2) is 4.39 Å². The van der Waals surface area contributed by atoms with Crippen LogP contribution in [0.3, 0.4) is 0 Å². The van der Waals surface area contributed by atoms with Gasteiger partial charge in [-0.05, 0) is 18.9 Å². The van der Waals surface area contributed by atoms with Gasteiger partial charge in [0.2, 0.25) is 0 Å². The predicted octanol–water partition coefficient (Wildman–Crippen LogP) is 3.51. The lowest BCUT2D eigenvalue weighted by Gasteiger charge is -2.21. The molecule has 1 aromatic carbocycles. The largest absolute Gasteiger partial charge is 0.373 e. The van der Waals surface area contributed by atoms with Crippen molar-refractivity contribution < 1.29 is 13.9 Å². The number of ether oxygens (including phenoxy) is 1. The van der Waals surface area contributed by atoms with E-state index in [1.165, 1.54) is 6.07 Å². The number of Topliss-reactive ketones (excluding diaryl/α,β-unsaturated/α-hetero) is 1. The molecule has 0 saturated heterocycles. The molecule has 0 N–H and O–H groups in total. The molecule has 0 spiro atoms. The third kappa shape index (κ3) is 3.27. The number of benzene rings is 1. The highest BCUT2D eigenvalue weighted by Gasteiger charge is 2.19. The van der Waals surface area contributed by atoms with E-state index < -0.39 is 5.82 Å². The Bertz CT molecular complexity index is 410. The van der Waals surface area contributed by atoms with Crippen molar-refractivity contribution in [3.8, 4) is 0 Å². The number of carbonyl (C=O) groups is 1. The van der Waals surface area contributed by atoms with Crippen molar-refractivity contribution in [2.45, 2.75) is 38.4 Å². The van der Waals surface area contributed by atoms with Gasteiger partial charge >= 0.3 is 0 Å². The summed E-state index contributed by atoms with van der Waals surface area (Å²) in [5.41, 5.74) is 0.467. The molecule has 0 aliphatic heterocycles. The first-order valence-corrected chi connectivity index (χ1v) is 6.11. The van der Waals surface area contributed by atoms with E-state index in [1.54, 1.807) is 12.1 Å². The Hall–Kier alpha value is -0.930. The molecule has 2 nitrogen and oxygen atoms in total. The molecule has 1 aromatic rings. The van der Waals surface area contributed by atoms with E-state index in [0.717, 1.165) is 12.8 Å². The van der Waals surface area contributed by atoms with E-state index in [-0.39, 0.29) is 17.7 Å². The van der Waals surface area contributed by atoms with Gasteiger partial charge in [0.25, 0.3) is 0 Å². The first-order chi connectivity index (χ1) is 8.16. The topological polar surface area (TPSA) is 26.3 Å². The average molecular weight is 257 g/mol. The van der Waals surface area contributed by atoms with Crippen LogP contribution in [-0.4, -0.2) is 11.9 Å². The van der Waals surface area contributed by atoms with Gasteiger partial charge in [0.15, 0.2) is 0 Å². The van der Waals surface area contributed by atoms with Gasteiger partial charge < -0.3 is 4.74 Å². The molecule has 0 bridgehead atoms. The van der Waals surface area contributed by atoms with Crippen LogP contribution in [0.5, 0.6) is 0 Å². The molecule has 1 aliphatic rings. The van der Waals surface area contributed by atoms with Crippen LogP contribution in [0.2, 0.25) is 5.02 Å². The van der Waals surface area contributed by atoms with Crippen LogP contribution in [0.4, 0.5) is 4.39 Å². The first-order valence-electron chi connectivity index (χ1n) is 5.73. The summed E-state index contributed by atoms with van der Waals surface area (Å²) in [6, 6.07) is 4.88. The van der Waals surface area contributed by atoms with Gasteiger partial charge in [0, 0.05) is 18.4 Å². The van der Waals surface area contributed by atoms with Gasteiger partial charge in [-0.15, -0.1) is 0 Å². The summed E-state index contributed by atoms with van der Waals surface area (Å²) in [4.78, 5) is 11.0. The third-order valence-corrected chi connectivity index (χ3v) is 3.29. The Morgan fingerprint density at radius 2 is 2.06 bits per heavy atom. The SMILES string of the molecule is O=C1CCC(OCc2cccc(Cl)c2F)CC1. The summed E-state index contributed by atoms with van der Waals surface area (Å²) >= 11 is 5.68. The van der Waals surface area contributed by atoms with E-state index in [0.29, 0.717) is 24.2 Å². The number of rotatable bonds is 3. The minimum absolute atomic E-state index is 0.0612. The summed E-state index contributed by atoms with van der Waals surface area (Å²) in [6.45, 7) is 0.214. The monoisotopic (exact) mass is 256 g/mol. The molecule has 4 heteroatoms.